The van der Waals surface area contributed by atoms with Crippen LogP contribution in [0, 0.1) is 0 Å². The molecule has 1 atom stereocenters. The van der Waals surface area contributed by atoms with Crippen LogP contribution in [0.4, 0.5) is 0 Å². The van der Waals surface area contributed by atoms with Crippen molar-refractivity contribution in [2.45, 2.75) is 142 Å². The van der Waals surface area contributed by atoms with Crippen LogP contribution in [0.5, 0.6) is 0 Å². The highest BCUT2D eigenvalue weighted by molar-refractivity contribution is 9.18. The Morgan fingerprint density at radius 3 is 1.43 bits per heavy atom. The number of rotatable bonds is 24. The van der Waals surface area contributed by atoms with Crippen molar-refractivity contribution in [1.82, 2.24) is 4.90 Å². The first-order valence-electron chi connectivity index (χ1n) is 13.3. The molecule has 4 heteroatoms. The van der Waals surface area contributed by atoms with Gasteiger partial charge in [0.1, 0.15) is 0 Å². The lowest BCUT2D eigenvalue weighted by Gasteiger charge is -2.29. The highest BCUT2D eigenvalue weighted by Gasteiger charge is 2.23. The number of carbonyl (C=O) groups is 1. The van der Waals surface area contributed by atoms with E-state index in [1.165, 1.54) is 103 Å². The van der Waals surface area contributed by atoms with Gasteiger partial charge in [0.05, 0.1) is 6.04 Å². The Hall–Kier alpha value is 0.0700. The summed E-state index contributed by atoms with van der Waals surface area (Å²) in [5, 5.41) is 0. The van der Waals surface area contributed by atoms with Gasteiger partial charge in [0.25, 0.3) is 0 Å². The van der Waals surface area contributed by atoms with E-state index < -0.39 is 0 Å². The zero-order chi connectivity index (χ0) is 22.3. The summed E-state index contributed by atoms with van der Waals surface area (Å²) in [6.45, 7) is 7.40. The van der Waals surface area contributed by atoms with E-state index in [4.69, 9.17) is 5.73 Å². The second-order valence-electron chi connectivity index (χ2n) is 9.09. The molecule has 0 saturated heterocycles. The minimum absolute atomic E-state index is 0.0330. The smallest absolute Gasteiger partial charge is 0.214 e. The Morgan fingerprint density at radius 1 is 0.667 bits per heavy atom. The molecule has 0 bridgehead atoms. The second kappa shape index (κ2) is 23.7. The van der Waals surface area contributed by atoms with E-state index >= 15 is 0 Å². The first-order valence-corrected chi connectivity index (χ1v) is 14.1. The number of hydrogen-bond donors (Lipinski definition) is 1. The first kappa shape index (κ1) is 30.1. The van der Waals surface area contributed by atoms with Crippen molar-refractivity contribution in [2.75, 3.05) is 19.6 Å². The molecule has 0 saturated carbocycles. The van der Waals surface area contributed by atoms with Crippen LogP contribution in [0.25, 0.3) is 0 Å². The maximum absolute atomic E-state index is 12.3. The molecular formula is C26H53BrN2O. The molecule has 2 N–H and O–H groups in total. The van der Waals surface area contributed by atoms with Gasteiger partial charge in [-0.2, -0.15) is 0 Å². The monoisotopic (exact) mass is 488 g/mol. The first-order chi connectivity index (χ1) is 14.7. The van der Waals surface area contributed by atoms with Crippen LogP contribution in [0.3, 0.4) is 0 Å². The lowest BCUT2D eigenvalue weighted by atomic mass is 10.0. The van der Waals surface area contributed by atoms with E-state index in [2.05, 4.69) is 34.7 Å². The molecule has 0 fully saturated rings. The predicted octanol–water partition coefficient (Wildman–Crippen LogP) is 7.99. The Kier molecular flexibility index (Phi) is 23.8. The zero-order valence-electron chi connectivity index (χ0n) is 20.4. The van der Waals surface area contributed by atoms with Gasteiger partial charge < -0.3 is 5.73 Å². The van der Waals surface area contributed by atoms with Gasteiger partial charge in [-0.1, -0.05) is 110 Å². The van der Waals surface area contributed by atoms with Gasteiger partial charge in [-0.15, -0.1) is 0 Å². The summed E-state index contributed by atoms with van der Waals surface area (Å²) in [7, 11) is 0. The molecular weight excluding hydrogens is 436 g/mol. The Balaban J connectivity index is 4.27. The summed E-state index contributed by atoms with van der Waals surface area (Å²) >= 11 is 3.30. The summed E-state index contributed by atoms with van der Waals surface area (Å²) in [5.41, 5.74) is 5.67. The van der Waals surface area contributed by atoms with E-state index in [1.54, 1.807) is 0 Å². The van der Waals surface area contributed by atoms with E-state index in [1.807, 2.05) is 0 Å². The third-order valence-corrected chi connectivity index (χ3v) is 6.76. The summed E-state index contributed by atoms with van der Waals surface area (Å²) in [6.07, 6.45) is 24.4. The molecule has 0 amide bonds. The highest BCUT2D eigenvalue weighted by atomic mass is 79.9. The molecule has 0 spiro atoms. The Bertz CT molecular complexity index is 345. The molecule has 3 nitrogen and oxygen atoms in total. The third kappa shape index (κ3) is 18.8. The van der Waals surface area contributed by atoms with Crippen LogP contribution in [0.1, 0.15) is 136 Å². The fourth-order valence-corrected chi connectivity index (χ4v) is 4.76. The van der Waals surface area contributed by atoms with E-state index in [0.29, 0.717) is 0 Å². The van der Waals surface area contributed by atoms with Gasteiger partial charge in [0.2, 0.25) is 4.69 Å². The van der Waals surface area contributed by atoms with E-state index in [-0.39, 0.29) is 10.7 Å². The average molecular weight is 490 g/mol. The van der Waals surface area contributed by atoms with Crippen molar-refractivity contribution < 1.29 is 4.79 Å². The fourth-order valence-electron chi connectivity index (χ4n) is 4.24. The SMILES string of the molecule is CCCCCCCCCCN(CCCCCCCCCC)[C@@H](CCCCN)C(=O)Br. The number of nitrogens with two attached hydrogens (primary N) is 1. The minimum atomic E-state index is 0.0330. The Morgan fingerprint density at radius 2 is 1.07 bits per heavy atom. The van der Waals surface area contributed by atoms with E-state index in [9.17, 15) is 4.79 Å². The zero-order valence-corrected chi connectivity index (χ0v) is 22.0. The van der Waals surface area contributed by atoms with Gasteiger partial charge in [-0.3, -0.25) is 9.69 Å². The van der Waals surface area contributed by atoms with Gasteiger partial charge >= 0.3 is 0 Å². The van der Waals surface area contributed by atoms with Gasteiger partial charge in [0.15, 0.2) is 0 Å². The maximum atomic E-state index is 12.3. The second-order valence-corrected chi connectivity index (χ2v) is 9.87. The molecule has 0 aromatic carbocycles. The number of unbranched alkanes of at least 4 members (excludes halogenated alkanes) is 15. The lowest BCUT2D eigenvalue weighted by molar-refractivity contribution is -0.115. The van der Waals surface area contributed by atoms with Crippen LogP contribution >= 0.6 is 15.9 Å². The standard InChI is InChI=1S/C26H53BrN2O/c1-3-5-7-9-11-13-15-19-23-29(25(26(27)30)21-17-18-22-28)24-20-16-14-12-10-8-6-4-2/h25H,3-24,28H2,1-2H3/t25-/m0/s1. The van der Waals surface area contributed by atoms with Crippen molar-refractivity contribution in [2.24, 2.45) is 5.73 Å². The molecule has 30 heavy (non-hydrogen) atoms. The Labute approximate surface area is 197 Å². The summed E-state index contributed by atoms with van der Waals surface area (Å²) < 4.78 is 0.165. The molecule has 0 aliphatic heterocycles. The van der Waals surface area contributed by atoms with Crippen LogP contribution in [-0.4, -0.2) is 35.3 Å². The molecule has 0 rings (SSSR count). The van der Waals surface area contributed by atoms with Gasteiger partial charge in [-0.25, -0.2) is 0 Å². The normalized spacial score (nSPS) is 12.6. The fraction of sp³-hybridized carbons (Fsp3) is 0.962. The largest absolute Gasteiger partial charge is 0.330 e. The minimum Gasteiger partial charge on any atom is -0.330 e. The van der Waals surface area contributed by atoms with Crippen molar-refractivity contribution >= 4 is 20.6 Å². The van der Waals surface area contributed by atoms with Crippen LogP contribution in [-0.2, 0) is 4.79 Å². The maximum Gasteiger partial charge on any atom is 0.214 e. The average Bonchev–Trinajstić information content (AvgIpc) is 2.73. The summed E-state index contributed by atoms with van der Waals surface area (Å²) in [6, 6.07) is 0.0330. The van der Waals surface area contributed by atoms with Gasteiger partial charge in [-0.05, 0) is 61.2 Å². The van der Waals surface area contributed by atoms with Crippen LogP contribution < -0.4 is 5.73 Å². The number of carbonyl (C=O) groups excluding carboxylic acids is 1. The van der Waals surface area contributed by atoms with Crippen LogP contribution in [0.15, 0.2) is 0 Å². The lowest BCUT2D eigenvalue weighted by Crippen LogP contribution is -2.40. The topological polar surface area (TPSA) is 46.3 Å². The molecule has 0 unspecified atom stereocenters. The number of hydrogen-bond acceptors (Lipinski definition) is 3. The number of halogens is 1. The predicted molar refractivity (Wildman–Crippen MR) is 137 cm³/mol. The quantitative estimate of drug-likeness (QED) is 0.110. The van der Waals surface area contributed by atoms with E-state index in [0.717, 1.165) is 38.9 Å². The third-order valence-electron chi connectivity index (χ3n) is 6.23. The molecule has 0 aromatic rings. The van der Waals surface area contributed by atoms with Crippen molar-refractivity contribution in [3.63, 3.8) is 0 Å². The molecule has 0 aromatic heterocycles. The molecule has 0 aliphatic carbocycles. The van der Waals surface area contributed by atoms with Gasteiger partial charge in [0, 0.05) is 0 Å². The van der Waals surface area contributed by atoms with Crippen LogP contribution in [0.2, 0.25) is 0 Å². The van der Waals surface area contributed by atoms with Crippen molar-refractivity contribution in [1.29, 1.82) is 0 Å². The summed E-state index contributed by atoms with van der Waals surface area (Å²) in [5.74, 6) is 0. The molecule has 180 valence electrons. The molecule has 0 heterocycles. The number of nitrogens with zero attached hydrogens (tertiary/aromatic N) is 1. The molecule has 0 radical (unpaired) electrons. The van der Waals surface area contributed by atoms with Crippen molar-refractivity contribution in [3.8, 4) is 0 Å². The highest BCUT2D eigenvalue weighted by Crippen LogP contribution is 2.17. The summed E-state index contributed by atoms with van der Waals surface area (Å²) in [4.78, 5) is 14.8. The van der Waals surface area contributed by atoms with Crippen molar-refractivity contribution in [3.05, 3.63) is 0 Å². The molecule has 0 aliphatic rings.